The van der Waals surface area contributed by atoms with Gasteiger partial charge in [-0.15, -0.1) is 11.3 Å². The van der Waals surface area contributed by atoms with Gasteiger partial charge in [-0.25, -0.2) is 9.97 Å². The zero-order valence-electron chi connectivity index (χ0n) is 8.48. The molecular formula is C10H11ClN4S. The molecule has 0 aliphatic carbocycles. The fourth-order valence-corrected chi connectivity index (χ4v) is 2.22. The van der Waals surface area contributed by atoms with Crippen molar-refractivity contribution in [3.63, 3.8) is 0 Å². The number of hydrogen-bond acceptors (Lipinski definition) is 5. The third-order valence-corrected chi connectivity index (χ3v) is 3.22. The quantitative estimate of drug-likeness (QED) is 0.878. The number of nitrogens with zero attached hydrogens (tertiary/aromatic N) is 2. The van der Waals surface area contributed by atoms with Gasteiger partial charge in [0.1, 0.15) is 0 Å². The maximum atomic E-state index is 5.86. The van der Waals surface area contributed by atoms with Crippen LogP contribution in [0.3, 0.4) is 0 Å². The van der Waals surface area contributed by atoms with Crippen LogP contribution in [0.1, 0.15) is 0 Å². The second-order valence-electron chi connectivity index (χ2n) is 3.11. The Bertz CT molecular complexity index is 454. The van der Waals surface area contributed by atoms with E-state index < -0.39 is 0 Å². The standard InChI is InChI=1S/C10H11ClN4S/c11-9-2-1-8(16-9)7-5-14-10(15-6-7)13-4-3-12/h1-2,5-6H,3-4,12H2,(H,13,14,15). The largest absolute Gasteiger partial charge is 0.353 e. The molecule has 0 saturated heterocycles. The molecule has 0 amide bonds. The molecule has 0 atom stereocenters. The minimum absolute atomic E-state index is 0.561. The highest BCUT2D eigenvalue weighted by atomic mass is 35.5. The second kappa shape index (κ2) is 5.25. The van der Waals surface area contributed by atoms with E-state index in [-0.39, 0.29) is 0 Å². The average Bonchev–Trinajstić information content (AvgIpc) is 2.74. The van der Waals surface area contributed by atoms with Gasteiger partial charge in [0, 0.05) is 35.9 Å². The Kier molecular flexibility index (Phi) is 3.71. The van der Waals surface area contributed by atoms with Crippen molar-refractivity contribution < 1.29 is 0 Å². The summed E-state index contributed by atoms with van der Waals surface area (Å²) in [7, 11) is 0. The third kappa shape index (κ3) is 2.69. The van der Waals surface area contributed by atoms with Crippen LogP contribution in [-0.4, -0.2) is 23.1 Å². The van der Waals surface area contributed by atoms with Crippen molar-refractivity contribution in [2.75, 3.05) is 18.4 Å². The van der Waals surface area contributed by atoms with Gasteiger partial charge in [-0.2, -0.15) is 0 Å². The van der Waals surface area contributed by atoms with Gasteiger partial charge in [0.2, 0.25) is 5.95 Å². The van der Waals surface area contributed by atoms with Gasteiger partial charge in [0.15, 0.2) is 0 Å². The van der Waals surface area contributed by atoms with E-state index in [0.29, 0.717) is 19.0 Å². The highest BCUT2D eigenvalue weighted by Crippen LogP contribution is 2.30. The van der Waals surface area contributed by atoms with Crippen molar-refractivity contribution in [1.82, 2.24) is 9.97 Å². The lowest BCUT2D eigenvalue weighted by Gasteiger charge is -2.02. The summed E-state index contributed by atoms with van der Waals surface area (Å²) < 4.78 is 0.764. The molecule has 2 rings (SSSR count). The fourth-order valence-electron chi connectivity index (χ4n) is 1.20. The molecule has 0 aliphatic rings. The van der Waals surface area contributed by atoms with Gasteiger partial charge >= 0.3 is 0 Å². The smallest absolute Gasteiger partial charge is 0.222 e. The van der Waals surface area contributed by atoms with Crippen LogP contribution >= 0.6 is 22.9 Å². The molecule has 0 radical (unpaired) electrons. The van der Waals surface area contributed by atoms with Crippen molar-refractivity contribution in [3.05, 3.63) is 28.9 Å². The summed E-state index contributed by atoms with van der Waals surface area (Å²) in [5.41, 5.74) is 6.34. The maximum absolute atomic E-state index is 5.86. The number of thiophene rings is 1. The van der Waals surface area contributed by atoms with Gasteiger partial charge in [0.25, 0.3) is 0 Å². The fraction of sp³-hybridized carbons (Fsp3) is 0.200. The molecule has 0 fully saturated rings. The molecule has 0 spiro atoms. The van der Waals surface area contributed by atoms with Crippen LogP contribution in [-0.2, 0) is 0 Å². The monoisotopic (exact) mass is 254 g/mol. The Balaban J connectivity index is 2.13. The first-order valence-corrected chi connectivity index (χ1v) is 6.01. The average molecular weight is 255 g/mol. The number of halogens is 1. The molecule has 0 saturated carbocycles. The minimum atomic E-state index is 0.561. The number of anilines is 1. The molecule has 0 aliphatic heterocycles. The van der Waals surface area contributed by atoms with Gasteiger partial charge < -0.3 is 11.1 Å². The lowest BCUT2D eigenvalue weighted by Crippen LogP contribution is -2.14. The van der Waals surface area contributed by atoms with Crippen molar-refractivity contribution in [2.45, 2.75) is 0 Å². The molecule has 4 nitrogen and oxygen atoms in total. The Morgan fingerprint density at radius 3 is 2.62 bits per heavy atom. The van der Waals surface area contributed by atoms with E-state index in [2.05, 4.69) is 15.3 Å². The van der Waals surface area contributed by atoms with Crippen LogP contribution in [0.2, 0.25) is 4.34 Å². The molecule has 84 valence electrons. The highest BCUT2D eigenvalue weighted by molar-refractivity contribution is 7.19. The SMILES string of the molecule is NCCNc1ncc(-c2ccc(Cl)s2)cn1. The molecule has 0 bridgehead atoms. The maximum Gasteiger partial charge on any atom is 0.222 e. The summed E-state index contributed by atoms with van der Waals surface area (Å²) in [5, 5.41) is 3.01. The van der Waals surface area contributed by atoms with Crippen molar-refractivity contribution in [1.29, 1.82) is 0 Å². The van der Waals surface area contributed by atoms with E-state index >= 15 is 0 Å². The molecular weight excluding hydrogens is 244 g/mol. The Morgan fingerprint density at radius 2 is 2.06 bits per heavy atom. The Hall–Kier alpha value is -1.17. The lowest BCUT2D eigenvalue weighted by atomic mass is 10.3. The zero-order chi connectivity index (χ0) is 11.4. The lowest BCUT2D eigenvalue weighted by molar-refractivity contribution is 0.990. The number of rotatable bonds is 4. The molecule has 3 N–H and O–H groups in total. The summed E-state index contributed by atoms with van der Waals surface area (Å²) in [6.45, 7) is 1.23. The Labute approximate surface area is 102 Å². The first-order chi connectivity index (χ1) is 7.79. The third-order valence-electron chi connectivity index (χ3n) is 1.94. The van der Waals surface area contributed by atoms with E-state index in [1.54, 1.807) is 12.4 Å². The van der Waals surface area contributed by atoms with Crippen molar-refractivity contribution in [2.24, 2.45) is 5.73 Å². The normalized spacial score (nSPS) is 10.4. The summed E-state index contributed by atoms with van der Waals surface area (Å²) in [6.07, 6.45) is 3.54. The first kappa shape index (κ1) is 11.3. The van der Waals surface area contributed by atoms with Gasteiger partial charge in [-0.05, 0) is 12.1 Å². The van der Waals surface area contributed by atoms with E-state index in [9.17, 15) is 0 Å². The van der Waals surface area contributed by atoms with E-state index in [0.717, 1.165) is 14.8 Å². The van der Waals surface area contributed by atoms with Crippen molar-refractivity contribution in [3.8, 4) is 10.4 Å². The van der Waals surface area contributed by atoms with Gasteiger partial charge in [-0.3, -0.25) is 0 Å². The van der Waals surface area contributed by atoms with Gasteiger partial charge in [0.05, 0.1) is 4.34 Å². The van der Waals surface area contributed by atoms with Crippen LogP contribution in [0.5, 0.6) is 0 Å². The molecule has 0 unspecified atom stereocenters. The topological polar surface area (TPSA) is 63.8 Å². The van der Waals surface area contributed by atoms with Crippen LogP contribution in [0.15, 0.2) is 24.5 Å². The van der Waals surface area contributed by atoms with Crippen LogP contribution in [0, 0.1) is 0 Å². The van der Waals surface area contributed by atoms with Crippen molar-refractivity contribution >= 4 is 28.9 Å². The Morgan fingerprint density at radius 1 is 1.31 bits per heavy atom. The summed E-state index contributed by atoms with van der Waals surface area (Å²) >= 11 is 7.37. The molecule has 2 aromatic rings. The van der Waals surface area contributed by atoms with Gasteiger partial charge in [-0.1, -0.05) is 11.6 Å². The molecule has 6 heteroatoms. The first-order valence-electron chi connectivity index (χ1n) is 4.81. The molecule has 2 aromatic heterocycles. The predicted molar refractivity (Wildman–Crippen MR) is 67.9 cm³/mol. The van der Waals surface area contributed by atoms with E-state index in [1.165, 1.54) is 11.3 Å². The predicted octanol–water partition coefficient (Wildman–Crippen LogP) is 2.23. The summed E-state index contributed by atoms with van der Waals surface area (Å²) in [5.74, 6) is 0.594. The number of hydrogen-bond donors (Lipinski definition) is 2. The minimum Gasteiger partial charge on any atom is -0.353 e. The second-order valence-corrected chi connectivity index (χ2v) is 4.83. The molecule has 2 heterocycles. The molecule has 0 aromatic carbocycles. The van der Waals surface area contributed by atoms with Crippen LogP contribution in [0.25, 0.3) is 10.4 Å². The highest BCUT2D eigenvalue weighted by Gasteiger charge is 2.02. The van der Waals surface area contributed by atoms with E-state index in [1.807, 2.05) is 12.1 Å². The number of nitrogens with one attached hydrogen (secondary N) is 1. The zero-order valence-corrected chi connectivity index (χ0v) is 10.1. The van der Waals surface area contributed by atoms with Crippen LogP contribution < -0.4 is 11.1 Å². The van der Waals surface area contributed by atoms with Crippen LogP contribution in [0.4, 0.5) is 5.95 Å². The van der Waals surface area contributed by atoms with E-state index in [4.69, 9.17) is 17.3 Å². The number of nitrogens with two attached hydrogens (primary N) is 1. The number of aromatic nitrogens is 2. The summed E-state index contributed by atoms with van der Waals surface area (Å²) in [6, 6.07) is 3.82. The molecule has 16 heavy (non-hydrogen) atoms. The summed E-state index contributed by atoms with van der Waals surface area (Å²) in [4.78, 5) is 9.44.